The highest BCUT2D eigenvalue weighted by Gasteiger charge is 2.62. The van der Waals surface area contributed by atoms with Crippen molar-refractivity contribution in [3.8, 4) is 0 Å². The summed E-state index contributed by atoms with van der Waals surface area (Å²) in [5, 5.41) is 10.3. The van der Waals surface area contributed by atoms with Gasteiger partial charge < -0.3 is 5.11 Å². The van der Waals surface area contributed by atoms with E-state index < -0.39 is 0 Å². The topological polar surface area (TPSA) is 40.5 Å². The number of carbonyl (C=O) groups is 1. The molecule has 0 radical (unpaired) electrons. The number of hydrogen-bond acceptors (Lipinski definition) is 3. The zero-order chi connectivity index (χ0) is 20.8. The van der Waals surface area contributed by atoms with E-state index in [-0.39, 0.29) is 17.4 Å². The van der Waals surface area contributed by atoms with Crippen LogP contribution in [-0.4, -0.2) is 41.0 Å². The first-order chi connectivity index (χ1) is 14.4. The third-order valence-electron chi connectivity index (χ3n) is 11.8. The van der Waals surface area contributed by atoms with Gasteiger partial charge in [-0.15, -0.1) is 0 Å². The molecule has 2 heterocycles. The van der Waals surface area contributed by atoms with Crippen LogP contribution in [0.2, 0.25) is 0 Å². The second kappa shape index (κ2) is 7.04. The van der Waals surface area contributed by atoms with E-state index in [2.05, 4.69) is 25.7 Å². The number of aliphatic hydroxyl groups is 1. The molecule has 12 atom stereocenters. The number of fused-ring (bicyclic) bond motifs is 8. The Hall–Kier alpha value is -0.410. The van der Waals surface area contributed by atoms with Gasteiger partial charge in [0.05, 0.1) is 6.10 Å². The normalized spacial score (nSPS) is 58.3. The molecule has 0 aromatic rings. The summed E-state index contributed by atoms with van der Waals surface area (Å²) in [6.07, 6.45) is 10.3. The summed E-state index contributed by atoms with van der Waals surface area (Å²) in [5.41, 5.74) is 0.161. The predicted molar refractivity (Wildman–Crippen MR) is 119 cm³/mol. The number of nitrogens with zero attached hydrogens (tertiary/aromatic N) is 1. The second-order valence-electron chi connectivity index (χ2n) is 13.0. The number of ketones is 1. The second-order valence-corrected chi connectivity index (χ2v) is 13.0. The molecule has 6 aliphatic rings. The SMILES string of the molecule is C[C@H]1CC[C@H]2[C@H](C)[C@H]3CC[C@@H]4[C@@H](C[C@H]5[C@H]4CC(=O)[C@@H]4C[C@@H](O)CC[C@]45C)[C@@H]3CN2C1. The minimum absolute atomic E-state index is 0.135. The standard InChI is InChI=1S/C27H43NO2/c1-15-4-7-25-16(2)18-5-6-19-20(22(18)14-28(25)13-15)11-23-21(19)12-26(30)24-10-17(29)8-9-27(23,24)3/h15-25,29H,4-14H2,1-3H3/t15-,16+,17-,18+,19+,20+,21-,22+,23-,24-,25-,27-/m0/s1. The van der Waals surface area contributed by atoms with Crippen LogP contribution >= 0.6 is 0 Å². The Kier molecular flexibility index (Phi) is 4.75. The molecule has 6 rings (SSSR count). The summed E-state index contributed by atoms with van der Waals surface area (Å²) < 4.78 is 0. The molecule has 168 valence electrons. The lowest BCUT2D eigenvalue weighted by Gasteiger charge is -2.56. The maximum atomic E-state index is 13.2. The van der Waals surface area contributed by atoms with Crippen molar-refractivity contribution in [2.24, 2.45) is 58.7 Å². The Morgan fingerprint density at radius 2 is 1.70 bits per heavy atom. The minimum Gasteiger partial charge on any atom is -0.393 e. The highest BCUT2D eigenvalue weighted by Crippen LogP contribution is 2.66. The van der Waals surface area contributed by atoms with Crippen molar-refractivity contribution in [3.05, 3.63) is 0 Å². The number of aliphatic hydroxyl groups excluding tert-OH is 1. The highest BCUT2D eigenvalue weighted by atomic mass is 16.3. The number of hydrogen-bond donors (Lipinski definition) is 1. The van der Waals surface area contributed by atoms with Gasteiger partial charge in [0.25, 0.3) is 0 Å². The smallest absolute Gasteiger partial charge is 0.136 e. The predicted octanol–water partition coefficient (Wildman–Crippen LogP) is 4.77. The number of rotatable bonds is 0. The monoisotopic (exact) mass is 413 g/mol. The summed E-state index contributed by atoms with van der Waals surface area (Å²) in [4.78, 5) is 16.1. The summed E-state index contributed by atoms with van der Waals surface area (Å²) >= 11 is 0. The van der Waals surface area contributed by atoms with E-state index in [1.807, 2.05) is 0 Å². The van der Waals surface area contributed by atoms with E-state index in [9.17, 15) is 9.90 Å². The van der Waals surface area contributed by atoms with Gasteiger partial charge in [-0.2, -0.15) is 0 Å². The molecule has 0 spiro atoms. The molecule has 3 heteroatoms. The zero-order valence-corrected chi connectivity index (χ0v) is 19.4. The summed E-state index contributed by atoms with van der Waals surface area (Å²) in [5.74, 6) is 7.19. The van der Waals surface area contributed by atoms with Gasteiger partial charge in [-0.05, 0) is 104 Å². The summed E-state index contributed by atoms with van der Waals surface area (Å²) in [7, 11) is 0. The largest absolute Gasteiger partial charge is 0.393 e. The van der Waals surface area contributed by atoms with Crippen LogP contribution in [0.5, 0.6) is 0 Å². The fraction of sp³-hybridized carbons (Fsp3) is 0.963. The molecule has 6 fully saturated rings. The summed E-state index contributed by atoms with van der Waals surface area (Å²) in [6, 6.07) is 0.839. The van der Waals surface area contributed by atoms with E-state index in [4.69, 9.17) is 0 Å². The molecule has 0 amide bonds. The van der Waals surface area contributed by atoms with E-state index in [0.29, 0.717) is 11.7 Å². The third kappa shape index (κ3) is 2.79. The van der Waals surface area contributed by atoms with E-state index in [0.717, 1.165) is 73.2 Å². The van der Waals surface area contributed by atoms with Crippen molar-refractivity contribution in [1.82, 2.24) is 4.90 Å². The minimum atomic E-state index is -0.242. The Labute approximate surface area is 183 Å². The van der Waals surface area contributed by atoms with Crippen molar-refractivity contribution in [2.45, 2.75) is 90.7 Å². The van der Waals surface area contributed by atoms with Crippen molar-refractivity contribution in [2.75, 3.05) is 13.1 Å². The molecule has 4 saturated carbocycles. The molecule has 30 heavy (non-hydrogen) atoms. The zero-order valence-electron chi connectivity index (χ0n) is 19.4. The lowest BCUT2D eigenvalue weighted by atomic mass is 9.51. The maximum Gasteiger partial charge on any atom is 0.136 e. The van der Waals surface area contributed by atoms with Crippen LogP contribution in [0.1, 0.15) is 78.6 Å². The number of piperidine rings is 2. The van der Waals surface area contributed by atoms with Crippen LogP contribution in [0, 0.1) is 58.7 Å². The third-order valence-corrected chi connectivity index (χ3v) is 11.8. The Bertz CT molecular complexity index is 705. The lowest BCUT2D eigenvalue weighted by Crippen LogP contribution is -2.58. The molecule has 4 aliphatic carbocycles. The van der Waals surface area contributed by atoms with Gasteiger partial charge >= 0.3 is 0 Å². The number of Topliss-reactive ketones (excluding diaryl/α,β-unsaturated/α-hetero) is 1. The average Bonchev–Trinajstić information content (AvgIpc) is 3.09. The van der Waals surface area contributed by atoms with Crippen LogP contribution in [0.15, 0.2) is 0 Å². The Balaban J connectivity index is 1.28. The van der Waals surface area contributed by atoms with Crippen LogP contribution < -0.4 is 0 Å². The molecule has 0 unspecified atom stereocenters. The van der Waals surface area contributed by atoms with Gasteiger partial charge in [-0.1, -0.05) is 20.8 Å². The van der Waals surface area contributed by atoms with Gasteiger partial charge in [-0.25, -0.2) is 0 Å². The average molecular weight is 414 g/mol. The molecular weight excluding hydrogens is 370 g/mol. The lowest BCUT2D eigenvalue weighted by molar-refractivity contribution is -0.145. The molecular formula is C27H43NO2. The molecule has 0 bridgehead atoms. The van der Waals surface area contributed by atoms with Gasteiger partial charge in [0, 0.05) is 31.5 Å². The molecule has 0 aromatic carbocycles. The van der Waals surface area contributed by atoms with Crippen LogP contribution in [0.25, 0.3) is 0 Å². The van der Waals surface area contributed by atoms with Crippen molar-refractivity contribution in [1.29, 1.82) is 0 Å². The van der Waals surface area contributed by atoms with Gasteiger partial charge in [0.15, 0.2) is 0 Å². The van der Waals surface area contributed by atoms with Gasteiger partial charge in [0.1, 0.15) is 5.78 Å². The van der Waals surface area contributed by atoms with E-state index in [1.165, 1.54) is 45.2 Å². The fourth-order valence-electron chi connectivity index (χ4n) is 10.3. The molecule has 0 aromatic heterocycles. The van der Waals surface area contributed by atoms with E-state index in [1.54, 1.807) is 0 Å². The van der Waals surface area contributed by atoms with Crippen molar-refractivity contribution >= 4 is 5.78 Å². The maximum absolute atomic E-state index is 13.2. The summed E-state index contributed by atoms with van der Waals surface area (Å²) in [6.45, 7) is 10.1. The first-order valence-corrected chi connectivity index (χ1v) is 13.3. The van der Waals surface area contributed by atoms with Crippen molar-refractivity contribution < 1.29 is 9.90 Å². The molecule has 1 N–H and O–H groups in total. The van der Waals surface area contributed by atoms with Crippen LogP contribution in [0.4, 0.5) is 0 Å². The van der Waals surface area contributed by atoms with Crippen LogP contribution in [-0.2, 0) is 4.79 Å². The first-order valence-electron chi connectivity index (χ1n) is 13.3. The molecule has 2 aliphatic heterocycles. The van der Waals surface area contributed by atoms with Crippen molar-refractivity contribution in [3.63, 3.8) is 0 Å². The highest BCUT2D eigenvalue weighted by molar-refractivity contribution is 5.83. The Morgan fingerprint density at radius 1 is 0.900 bits per heavy atom. The van der Waals surface area contributed by atoms with Gasteiger partial charge in [-0.3, -0.25) is 9.69 Å². The van der Waals surface area contributed by atoms with E-state index >= 15 is 0 Å². The Morgan fingerprint density at radius 3 is 2.53 bits per heavy atom. The number of carbonyl (C=O) groups excluding carboxylic acids is 1. The van der Waals surface area contributed by atoms with Crippen LogP contribution in [0.3, 0.4) is 0 Å². The van der Waals surface area contributed by atoms with Gasteiger partial charge in [0.2, 0.25) is 0 Å². The molecule has 2 saturated heterocycles. The first kappa shape index (κ1) is 20.2. The molecule has 3 nitrogen and oxygen atoms in total. The fourth-order valence-corrected chi connectivity index (χ4v) is 10.3. The quantitative estimate of drug-likeness (QED) is 0.622.